The third-order valence-electron chi connectivity index (χ3n) is 1.49. The number of fused-ring (bicyclic) bond motifs is 1. The molecular weight excluding hydrogens is 172 g/mol. The molecular formula is C9H8S2. The van der Waals surface area contributed by atoms with E-state index >= 15 is 0 Å². The normalized spacial score (nSPS) is 17.1. The Labute approximate surface area is 75.8 Å². The highest BCUT2D eigenvalue weighted by molar-refractivity contribution is 8.04. The minimum absolute atomic E-state index is 1.09. The summed E-state index contributed by atoms with van der Waals surface area (Å²) < 4.78 is 0. The van der Waals surface area contributed by atoms with Crippen LogP contribution in [-0.4, -0.2) is 5.75 Å². The van der Waals surface area contributed by atoms with Crippen LogP contribution in [0.25, 0.3) is 0 Å². The lowest BCUT2D eigenvalue weighted by Crippen LogP contribution is -1.74. The van der Waals surface area contributed by atoms with E-state index in [1.165, 1.54) is 15.5 Å². The Kier molecular flexibility index (Phi) is 2.44. The van der Waals surface area contributed by atoms with Gasteiger partial charge in [-0.15, -0.1) is 23.5 Å². The van der Waals surface area contributed by atoms with Crippen molar-refractivity contribution in [3.8, 4) is 0 Å². The second-order valence-electron chi connectivity index (χ2n) is 2.29. The van der Waals surface area contributed by atoms with Gasteiger partial charge in [0.05, 0.1) is 5.75 Å². The first-order chi connectivity index (χ1) is 5.47. The molecule has 0 aromatic heterocycles. The van der Waals surface area contributed by atoms with Gasteiger partial charge in [-0.05, 0) is 24.3 Å². The zero-order chi connectivity index (χ0) is 7.52. The van der Waals surface area contributed by atoms with E-state index < -0.39 is 0 Å². The van der Waals surface area contributed by atoms with Crippen molar-refractivity contribution in [2.24, 2.45) is 0 Å². The van der Waals surface area contributed by atoms with E-state index in [-0.39, 0.29) is 0 Å². The second-order valence-corrected chi connectivity index (χ2v) is 4.36. The van der Waals surface area contributed by atoms with Crippen molar-refractivity contribution in [3.05, 3.63) is 30.0 Å². The van der Waals surface area contributed by atoms with Crippen LogP contribution in [0.1, 0.15) is 6.42 Å². The Morgan fingerprint density at radius 1 is 1.18 bits per heavy atom. The van der Waals surface area contributed by atoms with Crippen molar-refractivity contribution in [1.29, 1.82) is 0 Å². The fourth-order valence-corrected chi connectivity index (χ4v) is 2.90. The van der Waals surface area contributed by atoms with Gasteiger partial charge >= 0.3 is 0 Å². The number of thioether (sulfide) groups is 2. The third-order valence-corrected chi connectivity index (χ3v) is 3.62. The van der Waals surface area contributed by atoms with Gasteiger partial charge in [-0.2, -0.15) is 0 Å². The maximum Gasteiger partial charge on any atom is 0.0544 e. The highest BCUT2D eigenvalue weighted by Crippen LogP contribution is 2.36. The Morgan fingerprint density at radius 2 is 2.00 bits per heavy atom. The molecule has 0 fully saturated rings. The molecule has 1 aliphatic rings. The van der Waals surface area contributed by atoms with Gasteiger partial charge in [0.15, 0.2) is 0 Å². The summed E-state index contributed by atoms with van der Waals surface area (Å²) in [5.41, 5.74) is 0. The topological polar surface area (TPSA) is 0 Å². The first-order valence-electron chi connectivity index (χ1n) is 3.58. The van der Waals surface area contributed by atoms with E-state index in [1.807, 2.05) is 11.8 Å². The van der Waals surface area contributed by atoms with E-state index in [1.54, 1.807) is 11.8 Å². The van der Waals surface area contributed by atoms with Gasteiger partial charge in [-0.3, -0.25) is 0 Å². The Morgan fingerprint density at radius 3 is 2.91 bits per heavy atom. The third kappa shape index (κ3) is 1.74. The fraction of sp³-hybridized carbons (Fsp3) is 0.222. The van der Waals surface area contributed by atoms with E-state index in [2.05, 4.69) is 30.0 Å². The van der Waals surface area contributed by atoms with Crippen LogP contribution in [0.5, 0.6) is 0 Å². The van der Waals surface area contributed by atoms with Gasteiger partial charge in [0.2, 0.25) is 0 Å². The van der Waals surface area contributed by atoms with Crippen molar-refractivity contribution < 1.29 is 0 Å². The molecule has 2 rings (SSSR count). The van der Waals surface area contributed by atoms with Crippen LogP contribution in [0.15, 0.2) is 34.1 Å². The molecule has 0 amide bonds. The van der Waals surface area contributed by atoms with E-state index in [0.29, 0.717) is 0 Å². The highest BCUT2D eigenvalue weighted by atomic mass is 32.2. The first-order valence-corrected chi connectivity index (χ1v) is 5.38. The molecule has 0 aliphatic carbocycles. The number of hydrogen-bond acceptors (Lipinski definition) is 2. The Bertz CT molecular complexity index is 220. The predicted molar refractivity (Wildman–Crippen MR) is 50.9 cm³/mol. The average molecular weight is 180 g/mol. The highest BCUT2D eigenvalue weighted by Gasteiger charge is 2.07. The number of hydrogen-bond donors (Lipinski definition) is 0. The van der Waals surface area contributed by atoms with Gasteiger partial charge in [-0.1, -0.05) is 12.1 Å². The maximum absolute atomic E-state index is 3.30. The molecule has 1 aliphatic heterocycles. The molecule has 0 bridgehead atoms. The SMILES string of the molecule is [C]1CCSc2ccccc2S1. The molecule has 56 valence electrons. The summed E-state index contributed by atoms with van der Waals surface area (Å²) in [7, 11) is 0. The van der Waals surface area contributed by atoms with E-state index in [0.717, 1.165) is 6.42 Å². The molecule has 2 radical (unpaired) electrons. The lowest BCUT2D eigenvalue weighted by Gasteiger charge is -2.00. The van der Waals surface area contributed by atoms with Gasteiger partial charge in [-0.25, -0.2) is 0 Å². The lowest BCUT2D eigenvalue weighted by atomic mass is 10.4. The zero-order valence-electron chi connectivity index (χ0n) is 6.04. The molecule has 0 spiro atoms. The second kappa shape index (κ2) is 3.55. The van der Waals surface area contributed by atoms with E-state index in [9.17, 15) is 0 Å². The first kappa shape index (κ1) is 7.56. The van der Waals surface area contributed by atoms with Gasteiger partial charge < -0.3 is 0 Å². The number of rotatable bonds is 0. The summed E-state index contributed by atoms with van der Waals surface area (Å²) in [5.74, 6) is 4.47. The number of benzene rings is 1. The van der Waals surface area contributed by atoms with Crippen LogP contribution in [0.4, 0.5) is 0 Å². The van der Waals surface area contributed by atoms with Gasteiger partial charge in [0, 0.05) is 9.79 Å². The molecule has 0 nitrogen and oxygen atoms in total. The summed E-state index contributed by atoms with van der Waals surface area (Å²) in [6.45, 7) is 0. The molecule has 0 saturated carbocycles. The smallest absolute Gasteiger partial charge is 0.0544 e. The summed E-state index contributed by atoms with van der Waals surface area (Å²) in [4.78, 5) is 2.76. The predicted octanol–water partition coefficient (Wildman–Crippen LogP) is 3.31. The lowest BCUT2D eigenvalue weighted by molar-refractivity contribution is 1.22. The molecule has 2 heteroatoms. The molecule has 1 aromatic carbocycles. The largest absolute Gasteiger partial charge is 0.125 e. The summed E-state index contributed by atoms with van der Waals surface area (Å²) in [6.07, 6.45) is 1.09. The quantitative estimate of drug-likeness (QED) is 0.600. The van der Waals surface area contributed by atoms with Crippen molar-refractivity contribution in [2.75, 3.05) is 5.75 Å². The van der Waals surface area contributed by atoms with Crippen LogP contribution in [-0.2, 0) is 0 Å². The average Bonchev–Trinajstić information content (AvgIpc) is 2.28. The standard InChI is InChI=1S/C9H8S2/c1-2-5-9-8(4-1)10-6-3-7-11-9/h1-2,4-5H,3,6H2. The summed E-state index contributed by atoms with van der Waals surface area (Å²) in [6, 6.07) is 8.52. The molecule has 0 unspecified atom stereocenters. The molecule has 0 atom stereocenters. The monoisotopic (exact) mass is 180 g/mol. The Balaban J connectivity index is 2.33. The molecule has 0 saturated heterocycles. The summed E-state index contributed by atoms with van der Waals surface area (Å²) in [5, 5.41) is 0. The van der Waals surface area contributed by atoms with Crippen molar-refractivity contribution >= 4 is 23.5 Å². The van der Waals surface area contributed by atoms with Crippen molar-refractivity contribution in [3.63, 3.8) is 0 Å². The Hall–Kier alpha value is -0.0800. The molecule has 1 aromatic rings. The van der Waals surface area contributed by atoms with Crippen LogP contribution in [0, 0.1) is 5.75 Å². The maximum atomic E-state index is 3.30. The van der Waals surface area contributed by atoms with Gasteiger partial charge in [0.1, 0.15) is 0 Å². The zero-order valence-corrected chi connectivity index (χ0v) is 7.67. The fourth-order valence-electron chi connectivity index (χ4n) is 0.985. The van der Waals surface area contributed by atoms with Crippen LogP contribution in [0.3, 0.4) is 0 Å². The van der Waals surface area contributed by atoms with Crippen LogP contribution < -0.4 is 0 Å². The van der Waals surface area contributed by atoms with E-state index in [4.69, 9.17) is 0 Å². The summed E-state index contributed by atoms with van der Waals surface area (Å²) >= 11 is 3.66. The minimum Gasteiger partial charge on any atom is -0.125 e. The van der Waals surface area contributed by atoms with Crippen molar-refractivity contribution in [2.45, 2.75) is 16.2 Å². The minimum atomic E-state index is 1.09. The van der Waals surface area contributed by atoms with Gasteiger partial charge in [0.25, 0.3) is 0 Å². The van der Waals surface area contributed by atoms with Crippen molar-refractivity contribution in [1.82, 2.24) is 0 Å². The molecule has 0 N–H and O–H groups in total. The molecule has 1 heterocycles. The van der Waals surface area contributed by atoms with Crippen LogP contribution >= 0.6 is 23.5 Å². The molecule has 11 heavy (non-hydrogen) atoms. The van der Waals surface area contributed by atoms with Crippen LogP contribution in [0.2, 0.25) is 0 Å².